The molecule has 2 heterocycles. The summed E-state index contributed by atoms with van der Waals surface area (Å²) in [6.07, 6.45) is 3.29. The molecular weight excluding hydrogens is 278 g/mol. The van der Waals surface area contributed by atoms with Crippen LogP contribution in [0.4, 0.5) is 5.69 Å². The Kier molecular flexibility index (Phi) is 3.65. The van der Waals surface area contributed by atoms with Gasteiger partial charge in [0.25, 0.3) is 5.91 Å². The monoisotopic (exact) mass is 293 g/mol. The van der Waals surface area contributed by atoms with Crippen LogP contribution in [-0.2, 0) is 0 Å². The number of aryl methyl sites for hydroxylation is 2. The minimum atomic E-state index is -0.310. The molecule has 0 saturated carbocycles. The molecule has 0 saturated heterocycles. The van der Waals surface area contributed by atoms with Crippen LogP contribution in [0, 0.1) is 13.8 Å². The Bertz CT molecular complexity index is 825. The first kappa shape index (κ1) is 13.9. The minimum Gasteiger partial charge on any atom is -0.319 e. The molecule has 0 radical (unpaired) electrons. The predicted molar refractivity (Wildman–Crippen MR) is 83.0 cm³/mol. The van der Waals surface area contributed by atoms with Gasteiger partial charge in [-0.05, 0) is 43.7 Å². The smallest absolute Gasteiger partial charge is 0.277 e. The topological polar surface area (TPSA) is 72.7 Å². The summed E-state index contributed by atoms with van der Waals surface area (Å²) in [5.74, 6) is -0.310. The number of rotatable bonds is 3. The summed E-state index contributed by atoms with van der Waals surface area (Å²) in [6.45, 7) is 3.83. The van der Waals surface area contributed by atoms with Crippen LogP contribution in [0.5, 0.6) is 0 Å². The maximum absolute atomic E-state index is 12.2. The molecule has 3 rings (SSSR count). The number of carbonyl (C=O) groups excluding carboxylic acids is 1. The van der Waals surface area contributed by atoms with E-state index < -0.39 is 0 Å². The number of pyridine rings is 1. The fourth-order valence-corrected chi connectivity index (χ4v) is 2.07. The first-order valence-corrected chi connectivity index (χ1v) is 6.86. The van der Waals surface area contributed by atoms with Crippen LogP contribution in [0.2, 0.25) is 0 Å². The molecular formula is C16H15N5O. The quantitative estimate of drug-likeness (QED) is 0.805. The molecule has 22 heavy (non-hydrogen) atoms. The molecule has 0 aliphatic carbocycles. The van der Waals surface area contributed by atoms with Crippen LogP contribution in [0.25, 0.3) is 5.69 Å². The third-order valence-electron chi connectivity index (χ3n) is 3.25. The standard InChI is InChI=1S/C16H15N5O/c1-11-5-3-6-13(9-11)21-10-15(19-20-21)16(22)18-14-7-4-8-17-12(14)2/h3-10H,1-2H3,(H,18,22). The number of carbonyl (C=O) groups is 1. The SMILES string of the molecule is Cc1cccc(-n2cc(C(=O)Nc3cccnc3C)nn2)c1. The van der Waals surface area contributed by atoms with Gasteiger partial charge in [-0.25, -0.2) is 4.68 Å². The molecule has 1 aromatic carbocycles. The molecule has 0 unspecified atom stereocenters. The van der Waals surface area contributed by atoms with E-state index in [0.29, 0.717) is 5.69 Å². The van der Waals surface area contributed by atoms with Crippen LogP contribution in [0.1, 0.15) is 21.7 Å². The Labute approximate surface area is 127 Å². The van der Waals surface area contributed by atoms with Gasteiger partial charge in [-0.2, -0.15) is 0 Å². The van der Waals surface area contributed by atoms with E-state index in [-0.39, 0.29) is 11.6 Å². The highest BCUT2D eigenvalue weighted by Crippen LogP contribution is 2.13. The maximum Gasteiger partial charge on any atom is 0.277 e. The van der Waals surface area contributed by atoms with Gasteiger partial charge in [-0.3, -0.25) is 9.78 Å². The third kappa shape index (κ3) is 2.85. The van der Waals surface area contributed by atoms with E-state index in [9.17, 15) is 4.79 Å². The molecule has 6 nitrogen and oxygen atoms in total. The summed E-state index contributed by atoms with van der Waals surface area (Å²) < 4.78 is 1.58. The van der Waals surface area contributed by atoms with Gasteiger partial charge < -0.3 is 5.32 Å². The Morgan fingerprint density at radius 3 is 2.82 bits per heavy atom. The van der Waals surface area contributed by atoms with Crippen molar-refractivity contribution in [3.05, 3.63) is 65.7 Å². The van der Waals surface area contributed by atoms with E-state index in [0.717, 1.165) is 16.9 Å². The number of anilines is 1. The Morgan fingerprint density at radius 1 is 1.18 bits per heavy atom. The van der Waals surface area contributed by atoms with E-state index in [4.69, 9.17) is 0 Å². The van der Waals surface area contributed by atoms with Gasteiger partial charge in [0, 0.05) is 6.20 Å². The van der Waals surface area contributed by atoms with E-state index >= 15 is 0 Å². The number of hydrogen-bond acceptors (Lipinski definition) is 4. The average Bonchev–Trinajstić information content (AvgIpc) is 2.99. The van der Waals surface area contributed by atoms with Crippen LogP contribution in [0.15, 0.2) is 48.8 Å². The molecule has 3 aromatic rings. The Morgan fingerprint density at radius 2 is 2.05 bits per heavy atom. The summed E-state index contributed by atoms with van der Waals surface area (Å²) in [6, 6.07) is 11.4. The van der Waals surface area contributed by atoms with Crippen molar-refractivity contribution >= 4 is 11.6 Å². The van der Waals surface area contributed by atoms with Gasteiger partial charge in [-0.15, -0.1) is 5.10 Å². The lowest BCUT2D eigenvalue weighted by molar-refractivity contribution is 0.102. The number of benzene rings is 1. The van der Waals surface area contributed by atoms with Crippen LogP contribution in [-0.4, -0.2) is 25.9 Å². The molecule has 0 aliphatic heterocycles. The summed E-state index contributed by atoms with van der Waals surface area (Å²) in [5, 5.41) is 10.7. The lowest BCUT2D eigenvalue weighted by atomic mass is 10.2. The van der Waals surface area contributed by atoms with Gasteiger partial charge in [0.05, 0.1) is 23.3 Å². The van der Waals surface area contributed by atoms with Crippen molar-refractivity contribution in [3.8, 4) is 5.69 Å². The van der Waals surface area contributed by atoms with Crippen molar-refractivity contribution in [2.75, 3.05) is 5.32 Å². The van der Waals surface area contributed by atoms with E-state index in [2.05, 4.69) is 20.6 Å². The highest BCUT2D eigenvalue weighted by Gasteiger charge is 2.13. The number of nitrogens with one attached hydrogen (secondary N) is 1. The molecule has 1 amide bonds. The first-order valence-electron chi connectivity index (χ1n) is 6.86. The summed E-state index contributed by atoms with van der Waals surface area (Å²) in [4.78, 5) is 16.4. The predicted octanol–water partition coefficient (Wildman–Crippen LogP) is 2.53. The van der Waals surface area contributed by atoms with E-state index in [1.54, 1.807) is 29.2 Å². The zero-order valence-electron chi connectivity index (χ0n) is 12.3. The molecule has 110 valence electrons. The normalized spacial score (nSPS) is 10.5. The van der Waals surface area contributed by atoms with E-state index in [1.165, 1.54) is 0 Å². The average molecular weight is 293 g/mol. The molecule has 6 heteroatoms. The van der Waals surface area contributed by atoms with Crippen molar-refractivity contribution in [1.29, 1.82) is 0 Å². The number of amides is 1. The largest absolute Gasteiger partial charge is 0.319 e. The summed E-state index contributed by atoms with van der Waals surface area (Å²) in [5.41, 5.74) is 3.65. The van der Waals surface area contributed by atoms with Crippen molar-refractivity contribution < 1.29 is 4.79 Å². The zero-order valence-corrected chi connectivity index (χ0v) is 12.3. The molecule has 0 atom stereocenters. The van der Waals surface area contributed by atoms with Gasteiger partial charge in [0.15, 0.2) is 5.69 Å². The van der Waals surface area contributed by atoms with Gasteiger partial charge in [0.1, 0.15) is 0 Å². The lowest BCUT2D eigenvalue weighted by Crippen LogP contribution is -2.13. The van der Waals surface area contributed by atoms with Crippen molar-refractivity contribution in [2.45, 2.75) is 13.8 Å². The molecule has 0 spiro atoms. The number of nitrogens with zero attached hydrogens (tertiary/aromatic N) is 4. The van der Waals surface area contributed by atoms with Gasteiger partial charge >= 0.3 is 0 Å². The number of hydrogen-bond donors (Lipinski definition) is 1. The lowest BCUT2D eigenvalue weighted by Gasteiger charge is -2.04. The maximum atomic E-state index is 12.2. The Hall–Kier alpha value is -3.02. The number of aromatic nitrogens is 4. The summed E-state index contributed by atoms with van der Waals surface area (Å²) >= 11 is 0. The Balaban J connectivity index is 1.82. The van der Waals surface area contributed by atoms with Gasteiger partial charge in [-0.1, -0.05) is 17.3 Å². The second-order valence-electron chi connectivity index (χ2n) is 4.98. The second kappa shape index (κ2) is 5.77. The molecule has 0 fully saturated rings. The molecule has 2 aromatic heterocycles. The minimum absolute atomic E-state index is 0.254. The fourth-order valence-electron chi connectivity index (χ4n) is 2.07. The zero-order chi connectivity index (χ0) is 15.5. The fraction of sp³-hybridized carbons (Fsp3) is 0.125. The van der Waals surface area contributed by atoms with Crippen molar-refractivity contribution in [2.24, 2.45) is 0 Å². The highest BCUT2D eigenvalue weighted by atomic mass is 16.2. The summed E-state index contributed by atoms with van der Waals surface area (Å²) in [7, 11) is 0. The second-order valence-corrected chi connectivity index (χ2v) is 4.98. The molecule has 1 N–H and O–H groups in total. The van der Waals surface area contributed by atoms with Crippen LogP contribution < -0.4 is 5.32 Å². The first-order chi connectivity index (χ1) is 10.6. The van der Waals surface area contributed by atoms with E-state index in [1.807, 2.05) is 38.1 Å². The van der Waals surface area contributed by atoms with Crippen molar-refractivity contribution in [3.63, 3.8) is 0 Å². The van der Waals surface area contributed by atoms with Crippen LogP contribution in [0.3, 0.4) is 0 Å². The molecule has 0 bridgehead atoms. The van der Waals surface area contributed by atoms with Crippen LogP contribution >= 0.6 is 0 Å². The highest BCUT2D eigenvalue weighted by molar-refractivity contribution is 6.02. The third-order valence-corrected chi connectivity index (χ3v) is 3.25. The van der Waals surface area contributed by atoms with Crippen molar-refractivity contribution in [1.82, 2.24) is 20.0 Å². The van der Waals surface area contributed by atoms with Gasteiger partial charge in [0.2, 0.25) is 0 Å². The molecule has 0 aliphatic rings.